The third kappa shape index (κ3) is 3.54. The molecule has 1 aromatic heterocycles. The molecule has 1 amide bonds. The lowest BCUT2D eigenvalue weighted by molar-refractivity contribution is -0.385. The van der Waals surface area contributed by atoms with Crippen molar-refractivity contribution in [3.63, 3.8) is 0 Å². The Morgan fingerprint density at radius 2 is 1.70 bits per heavy atom. The number of hydrogen-bond acceptors (Lipinski definition) is 5. The van der Waals surface area contributed by atoms with Crippen molar-refractivity contribution in [3.8, 4) is 0 Å². The summed E-state index contributed by atoms with van der Waals surface area (Å²) < 4.78 is 3.09. The molecule has 0 fully saturated rings. The predicted octanol–water partition coefficient (Wildman–Crippen LogP) is 3.19. The van der Waals surface area contributed by atoms with Crippen molar-refractivity contribution in [2.45, 2.75) is 20.8 Å². The SMILES string of the molecule is CCN(CC)c1cc2c(cc1NC(=O)c1ccc(C)c([N+](=O)[O-])c1)n(C)c(=O)n2C. The van der Waals surface area contributed by atoms with Gasteiger partial charge in [-0.3, -0.25) is 24.0 Å². The monoisotopic (exact) mass is 411 g/mol. The van der Waals surface area contributed by atoms with Gasteiger partial charge in [0.05, 0.1) is 27.3 Å². The van der Waals surface area contributed by atoms with Gasteiger partial charge in [0.25, 0.3) is 11.6 Å². The van der Waals surface area contributed by atoms with E-state index in [1.54, 1.807) is 43.8 Å². The van der Waals surface area contributed by atoms with Gasteiger partial charge in [0.1, 0.15) is 0 Å². The fourth-order valence-electron chi connectivity index (χ4n) is 3.60. The lowest BCUT2D eigenvalue weighted by Gasteiger charge is -2.24. The predicted molar refractivity (Wildman–Crippen MR) is 118 cm³/mol. The number of imidazole rings is 1. The number of amides is 1. The topological polar surface area (TPSA) is 102 Å². The van der Waals surface area contributed by atoms with Crippen LogP contribution < -0.4 is 15.9 Å². The average molecular weight is 411 g/mol. The molecule has 3 rings (SSSR count). The number of hydrogen-bond donors (Lipinski definition) is 1. The first-order valence-electron chi connectivity index (χ1n) is 9.70. The van der Waals surface area contributed by atoms with E-state index in [9.17, 15) is 19.7 Å². The molecule has 158 valence electrons. The molecule has 0 spiro atoms. The van der Waals surface area contributed by atoms with Gasteiger partial charge < -0.3 is 10.2 Å². The van der Waals surface area contributed by atoms with Crippen LogP contribution in [0.25, 0.3) is 11.0 Å². The summed E-state index contributed by atoms with van der Waals surface area (Å²) >= 11 is 0. The summed E-state index contributed by atoms with van der Waals surface area (Å²) in [6, 6.07) is 8.05. The highest BCUT2D eigenvalue weighted by Gasteiger charge is 2.19. The molecule has 0 radical (unpaired) electrons. The van der Waals surface area contributed by atoms with E-state index in [-0.39, 0.29) is 16.9 Å². The second kappa shape index (κ2) is 8.02. The summed E-state index contributed by atoms with van der Waals surface area (Å²) in [5, 5.41) is 14.1. The molecule has 2 aromatic carbocycles. The van der Waals surface area contributed by atoms with E-state index in [0.29, 0.717) is 29.9 Å². The van der Waals surface area contributed by atoms with Gasteiger partial charge >= 0.3 is 5.69 Å². The van der Waals surface area contributed by atoms with Crippen molar-refractivity contribution >= 4 is 34.0 Å². The number of nitrogens with zero attached hydrogens (tertiary/aromatic N) is 4. The van der Waals surface area contributed by atoms with Crippen molar-refractivity contribution in [2.24, 2.45) is 14.1 Å². The van der Waals surface area contributed by atoms with E-state index in [1.165, 1.54) is 10.6 Å². The Balaban J connectivity index is 2.12. The van der Waals surface area contributed by atoms with Crippen LogP contribution in [0.15, 0.2) is 35.1 Å². The van der Waals surface area contributed by atoms with Crippen LogP contribution in [0, 0.1) is 17.0 Å². The Morgan fingerprint density at radius 3 is 2.27 bits per heavy atom. The fourth-order valence-corrected chi connectivity index (χ4v) is 3.60. The van der Waals surface area contributed by atoms with E-state index in [4.69, 9.17) is 0 Å². The molecule has 0 saturated heterocycles. The normalized spacial score (nSPS) is 11.0. The Labute approximate surface area is 173 Å². The van der Waals surface area contributed by atoms with Gasteiger partial charge in [0.2, 0.25) is 0 Å². The highest BCUT2D eigenvalue weighted by molar-refractivity contribution is 6.07. The number of aromatic nitrogens is 2. The number of nitro benzene ring substituents is 1. The number of carbonyl (C=O) groups is 1. The first-order valence-corrected chi connectivity index (χ1v) is 9.70. The lowest BCUT2D eigenvalue weighted by atomic mass is 10.1. The number of fused-ring (bicyclic) bond motifs is 1. The van der Waals surface area contributed by atoms with E-state index >= 15 is 0 Å². The van der Waals surface area contributed by atoms with Crippen molar-refractivity contribution < 1.29 is 9.72 Å². The minimum atomic E-state index is -0.501. The van der Waals surface area contributed by atoms with Crippen LogP contribution in [0.2, 0.25) is 0 Å². The number of rotatable bonds is 6. The zero-order chi connectivity index (χ0) is 22.2. The summed E-state index contributed by atoms with van der Waals surface area (Å²) in [4.78, 5) is 38.1. The standard InChI is InChI=1S/C21H25N5O4/c1-6-25(7-2)17-12-19-18(23(4)21(28)24(19)5)11-15(17)22-20(27)14-9-8-13(3)16(10-14)26(29)30/h8-12H,6-7H2,1-5H3,(H,22,27). The molecule has 0 aliphatic heterocycles. The van der Waals surface area contributed by atoms with Crippen LogP contribution in [-0.4, -0.2) is 33.1 Å². The van der Waals surface area contributed by atoms with Gasteiger partial charge in [-0.05, 0) is 39.0 Å². The summed E-state index contributed by atoms with van der Waals surface area (Å²) in [6.07, 6.45) is 0. The minimum Gasteiger partial charge on any atom is -0.370 e. The maximum Gasteiger partial charge on any atom is 0.328 e. The fraction of sp³-hybridized carbons (Fsp3) is 0.333. The molecule has 9 heteroatoms. The second-order valence-corrected chi connectivity index (χ2v) is 7.14. The molecule has 1 heterocycles. The first kappa shape index (κ1) is 21.1. The summed E-state index contributed by atoms with van der Waals surface area (Å²) in [6.45, 7) is 7.06. The van der Waals surface area contributed by atoms with Crippen LogP contribution in [0.3, 0.4) is 0 Å². The number of anilines is 2. The second-order valence-electron chi connectivity index (χ2n) is 7.14. The molecule has 0 aliphatic rings. The lowest BCUT2D eigenvalue weighted by Crippen LogP contribution is -2.24. The zero-order valence-electron chi connectivity index (χ0n) is 17.7. The minimum absolute atomic E-state index is 0.104. The highest BCUT2D eigenvalue weighted by Crippen LogP contribution is 2.31. The molecular weight excluding hydrogens is 386 g/mol. The summed E-state index contributed by atoms with van der Waals surface area (Å²) in [5.41, 5.74) is 3.18. The Morgan fingerprint density at radius 1 is 1.10 bits per heavy atom. The molecule has 3 aromatic rings. The molecule has 0 bridgehead atoms. The molecule has 0 aliphatic carbocycles. The Bertz CT molecular complexity index is 1200. The smallest absolute Gasteiger partial charge is 0.328 e. The van der Waals surface area contributed by atoms with Gasteiger partial charge in [0.15, 0.2) is 0 Å². The van der Waals surface area contributed by atoms with Crippen LogP contribution in [0.5, 0.6) is 0 Å². The van der Waals surface area contributed by atoms with Crippen molar-refractivity contribution in [1.82, 2.24) is 9.13 Å². The maximum absolute atomic E-state index is 12.9. The molecule has 0 atom stereocenters. The molecule has 1 N–H and O–H groups in total. The third-order valence-corrected chi connectivity index (χ3v) is 5.41. The molecule has 0 saturated carbocycles. The Hall–Kier alpha value is -3.62. The summed E-state index contributed by atoms with van der Waals surface area (Å²) in [5.74, 6) is -0.452. The molecule has 30 heavy (non-hydrogen) atoms. The molecular formula is C21H25N5O4. The van der Waals surface area contributed by atoms with E-state index in [1.807, 2.05) is 19.9 Å². The van der Waals surface area contributed by atoms with Gasteiger partial charge in [-0.25, -0.2) is 4.79 Å². The van der Waals surface area contributed by atoms with Crippen LogP contribution in [0.1, 0.15) is 29.8 Å². The van der Waals surface area contributed by atoms with Crippen LogP contribution in [0.4, 0.5) is 17.1 Å². The molecule has 0 unspecified atom stereocenters. The van der Waals surface area contributed by atoms with Gasteiger partial charge in [-0.1, -0.05) is 6.07 Å². The highest BCUT2D eigenvalue weighted by atomic mass is 16.6. The number of nitrogens with one attached hydrogen (secondary N) is 1. The van der Waals surface area contributed by atoms with E-state index in [0.717, 1.165) is 11.2 Å². The number of aryl methyl sites for hydroxylation is 3. The number of carbonyl (C=O) groups excluding carboxylic acids is 1. The third-order valence-electron chi connectivity index (χ3n) is 5.41. The van der Waals surface area contributed by atoms with E-state index < -0.39 is 10.8 Å². The van der Waals surface area contributed by atoms with Gasteiger partial charge in [0, 0.05) is 44.4 Å². The van der Waals surface area contributed by atoms with Gasteiger partial charge in [-0.15, -0.1) is 0 Å². The zero-order valence-corrected chi connectivity index (χ0v) is 17.7. The largest absolute Gasteiger partial charge is 0.370 e. The quantitative estimate of drug-likeness (QED) is 0.496. The number of nitro groups is 1. The average Bonchev–Trinajstić information content (AvgIpc) is 2.92. The van der Waals surface area contributed by atoms with E-state index in [2.05, 4.69) is 10.2 Å². The van der Waals surface area contributed by atoms with Crippen molar-refractivity contribution in [2.75, 3.05) is 23.3 Å². The molecule has 9 nitrogen and oxygen atoms in total. The summed E-state index contributed by atoms with van der Waals surface area (Å²) in [7, 11) is 3.39. The van der Waals surface area contributed by atoms with Crippen molar-refractivity contribution in [3.05, 3.63) is 62.1 Å². The van der Waals surface area contributed by atoms with Crippen LogP contribution in [-0.2, 0) is 14.1 Å². The number of benzene rings is 2. The van der Waals surface area contributed by atoms with Crippen LogP contribution >= 0.6 is 0 Å². The first-order chi connectivity index (χ1) is 14.2. The van der Waals surface area contributed by atoms with Gasteiger partial charge in [-0.2, -0.15) is 0 Å². The van der Waals surface area contributed by atoms with Crippen molar-refractivity contribution in [1.29, 1.82) is 0 Å². The Kier molecular flexibility index (Phi) is 5.64. The maximum atomic E-state index is 12.9.